The number of pyridine rings is 1. The molecule has 0 atom stereocenters. The van der Waals surface area contributed by atoms with Gasteiger partial charge in [-0.1, -0.05) is 0 Å². The van der Waals surface area contributed by atoms with E-state index in [4.69, 9.17) is 0 Å². The summed E-state index contributed by atoms with van der Waals surface area (Å²) in [7, 11) is 2.48. The molecule has 1 heterocycles. The van der Waals surface area contributed by atoms with E-state index < -0.39 is 17.9 Å². The van der Waals surface area contributed by atoms with E-state index in [1.165, 1.54) is 14.2 Å². The quantitative estimate of drug-likeness (QED) is 0.552. The zero-order valence-electron chi connectivity index (χ0n) is 9.17. The first kappa shape index (κ1) is 12.2. The van der Waals surface area contributed by atoms with Gasteiger partial charge in [-0.15, -0.1) is 0 Å². The number of methoxy groups -OCH3 is 2. The molecule has 0 aliphatic rings. The molecular weight excluding hydrogens is 210 g/mol. The van der Waals surface area contributed by atoms with Crippen molar-refractivity contribution in [3.05, 3.63) is 30.1 Å². The molecule has 16 heavy (non-hydrogen) atoms. The Morgan fingerprint density at radius 3 is 2.12 bits per heavy atom. The Morgan fingerprint density at radius 1 is 1.19 bits per heavy atom. The minimum Gasteiger partial charge on any atom is -0.468 e. The van der Waals surface area contributed by atoms with E-state index in [-0.39, 0.29) is 6.42 Å². The first-order valence-electron chi connectivity index (χ1n) is 4.73. The summed E-state index contributed by atoms with van der Waals surface area (Å²) >= 11 is 0. The zero-order chi connectivity index (χ0) is 12.0. The van der Waals surface area contributed by atoms with Crippen molar-refractivity contribution in [3.63, 3.8) is 0 Å². The van der Waals surface area contributed by atoms with Crippen LogP contribution >= 0.6 is 0 Å². The molecule has 0 bridgehead atoms. The van der Waals surface area contributed by atoms with Crippen molar-refractivity contribution >= 4 is 11.9 Å². The van der Waals surface area contributed by atoms with E-state index in [1.807, 2.05) is 0 Å². The summed E-state index contributed by atoms with van der Waals surface area (Å²) in [5.41, 5.74) is 0.829. The van der Waals surface area contributed by atoms with E-state index in [2.05, 4.69) is 14.5 Å². The third-order valence-electron chi connectivity index (χ3n) is 2.16. The molecule has 0 amide bonds. The standard InChI is InChI=1S/C11H13NO4/c1-15-10(13)9(11(14)16-2)7-8-3-5-12-6-4-8/h3-6,9H,7H2,1-2H3. The lowest BCUT2D eigenvalue weighted by atomic mass is 10.0. The van der Waals surface area contributed by atoms with Crippen LogP contribution in [0.1, 0.15) is 5.56 Å². The van der Waals surface area contributed by atoms with Gasteiger partial charge in [-0.3, -0.25) is 14.6 Å². The molecule has 0 saturated heterocycles. The van der Waals surface area contributed by atoms with E-state index >= 15 is 0 Å². The molecule has 0 fully saturated rings. The summed E-state index contributed by atoms with van der Waals surface area (Å²) in [6.45, 7) is 0. The summed E-state index contributed by atoms with van der Waals surface area (Å²) in [5, 5.41) is 0. The molecular formula is C11H13NO4. The number of aromatic nitrogens is 1. The molecule has 5 heteroatoms. The lowest BCUT2D eigenvalue weighted by molar-refractivity contribution is -0.158. The fourth-order valence-corrected chi connectivity index (χ4v) is 1.30. The van der Waals surface area contributed by atoms with Gasteiger partial charge in [0.15, 0.2) is 5.92 Å². The molecule has 5 nitrogen and oxygen atoms in total. The van der Waals surface area contributed by atoms with Crippen LogP contribution in [-0.4, -0.2) is 31.1 Å². The van der Waals surface area contributed by atoms with Gasteiger partial charge in [0.05, 0.1) is 14.2 Å². The normalized spacial score (nSPS) is 9.94. The molecule has 0 aliphatic heterocycles. The average Bonchev–Trinajstić information content (AvgIpc) is 2.35. The van der Waals surface area contributed by atoms with Gasteiger partial charge in [0.2, 0.25) is 0 Å². The lowest BCUT2D eigenvalue weighted by Crippen LogP contribution is -2.28. The number of rotatable bonds is 4. The summed E-state index contributed by atoms with van der Waals surface area (Å²) in [4.78, 5) is 26.6. The van der Waals surface area contributed by atoms with Crippen LogP contribution < -0.4 is 0 Å². The molecule has 0 aliphatic carbocycles. The minimum atomic E-state index is -0.919. The van der Waals surface area contributed by atoms with Gasteiger partial charge in [0.1, 0.15) is 0 Å². The van der Waals surface area contributed by atoms with Gasteiger partial charge in [0, 0.05) is 12.4 Å². The summed E-state index contributed by atoms with van der Waals surface area (Å²) in [5.74, 6) is -2.11. The monoisotopic (exact) mass is 223 g/mol. The Bertz CT molecular complexity index is 348. The smallest absolute Gasteiger partial charge is 0.320 e. The van der Waals surface area contributed by atoms with Crippen molar-refractivity contribution in [2.75, 3.05) is 14.2 Å². The summed E-state index contributed by atoms with van der Waals surface area (Å²) in [6.07, 6.45) is 3.45. The Hall–Kier alpha value is -1.91. The molecule has 0 unspecified atom stereocenters. The number of ether oxygens (including phenoxy) is 2. The van der Waals surface area contributed by atoms with Crippen LogP contribution in [0.25, 0.3) is 0 Å². The van der Waals surface area contributed by atoms with Crippen molar-refractivity contribution in [1.82, 2.24) is 4.98 Å². The Balaban J connectivity index is 2.79. The number of hydrogen-bond acceptors (Lipinski definition) is 5. The highest BCUT2D eigenvalue weighted by atomic mass is 16.5. The molecule has 0 radical (unpaired) electrons. The zero-order valence-corrected chi connectivity index (χ0v) is 9.17. The maximum atomic E-state index is 11.4. The van der Waals surface area contributed by atoms with E-state index in [1.54, 1.807) is 24.5 Å². The van der Waals surface area contributed by atoms with E-state index in [9.17, 15) is 9.59 Å². The van der Waals surface area contributed by atoms with Crippen LogP contribution in [0.5, 0.6) is 0 Å². The summed E-state index contributed by atoms with van der Waals surface area (Å²) in [6, 6.07) is 3.47. The van der Waals surface area contributed by atoms with Crippen LogP contribution in [0.4, 0.5) is 0 Å². The van der Waals surface area contributed by atoms with Crippen molar-refractivity contribution in [2.45, 2.75) is 6.42 Å². The molecule has 1 aromatic heterocycles. The highest BCUT2D eigenvalue weighted by molar-refractivity contribution is 5.95. The van der Waals surface area contributed by atoms with Crippen molar-refractivity contribution in [2.24, 2.45) is 5.92 Å². The average molecular weight is 223 g/mol. The Labute approximate surface area is 93.4 Å². The molecule has 0 N–H and O–H groups in total. The SMILES string of the molecule is COC(=O)C(Cc1ccncc1)C(=O)OC. The summed E-state index contributed by atoms with van der Waals surface area (Å²) < 4.78 is 9.10. The highest BCUT2D eigenvalue weighted by Gasteiger charge is 2.28. The second kappa shape index (κ2) is 5.85. The molecule has 1 aromatic rings. The van der Waals surface area contributed by atoms with E-state index in [0.29, 0.717) is 0 Å². The number of carbonyl (C=O) groups excluding carboxylic acids is 2. The predicted octanol–water partition coefficient (Wildman–Crippen LogP) is 0.586. The molecule has 0 saturated carbocycles. The third kappa shape index (κ3) is 3.05. The number of carbonyl (C=O) groups is 2. The number of hydrogen-bond donors (Lipinski definition) is 0. The van der Waals surface area contributed by atoms with Gasteiger partial charge < -0.3 is 9.47 Å². The van der Waals surface area contributed by atoms with Gasteiger partial charge in [0.25, 0.3) is 0 Å². The molecule has 1 rings (SSSR count). The second-order valence-electron chi connectivity index (χ2n) is 3.16. The maximum Gasteiger partial charge on any atom is 0.320 e. The lowest BCUT2D eigenvalue weighted by Gasteiger charge is -2.11. The van der Waals surface area contributed by atoms with Crippen LogP contribution in [0.15, 0.2) is 24.5 Å². The number of nitrogens with zero attached hydrogens (tertiary/aromatic N) is 1. The highest BCUT2D eigenvalue weighted by Crippen LogP contribution is 2.11. The fraction of sp³-hybridized carbons (Fsp3) is 0.364. The fourth-order valence-electron chi connectivity index (χ4n) is 1.30. The van der Waals surface area contributed by atoms with Gasteiger partial charge in [-0.25, -0.2) is 0 Å². The van der Waals surface area contributed by atoms with Gasteiger partial charge >= 0.3 is 11.9 Å². The first-order chi connectivity index (χ1) is 7.69. The molecule has 86 valence electrons. The van der Waals surface area contributed by atoms with Crippen LogP contribution in [0.3, 0.4) is 0 Å². The van der Waals surface area contributed by atoms with Gasteiger partial charge in [-0.2, -0.15) is 0 Å². The van der Waals surface area contributed by atoms with E-state index in [0.717, 1.165) is 5.56 Å². The van der Waals surface area contributed by atoms with Crippen molar-refractivity contribution in [1.29, 1.82) is 0 Å². The van der Waals surface area contributed by atoms with Crippen LogP contribution in [-0.2, 0) is 25.5 Å². The Kier molecular flexibility index (Phi) is 4.44. The number of esters is 2. The molecule has 0 spiro atoms. The largest absolute Gasteiger partial charge is 0.468 e. The molecule has 0 aromatic carbocycles. The van der Waals surface area contributed by atoms with Crippen molar-refractivity contribution in [3.8, 4) is 0 Å². The first-order valence-corrected chi connectivity index (χ1v) is 4.73. The topological polar surface area (TPSA) is 65.5 Å². The maximum absolute atomic E-state index is 11.4. The minimum absolute atomic E-state index is 0.252. The third-order valence-corrected chi connectivity index (χ3v) is 2.16. The van der Waals surface area contributed by atoms with Crippen LogP contribution in [0, 0.1) is 5.92 Å². The van der Waals surface area contributed by atoms with Gasteiger partial charge in [-0.05, 0) is 24.1 Å². The predicted molar refractivity (Wildman–Crippen MR) is 55.5 cm³/mol. The van der Waals surface area contributed by atoms with Crippen LogP contribution in [0.2, 0.25) is 0 Å². The Morgan fingerprint density at radius 2 is 1.69 bits per heavy atom. The second-order valence-corrected chi connectivity index (χ2v) is 3.16. The van der Waals surface area contributed by atoms with Crippen molar-refractivity contribution < 1.29 is 19.1 Å².